The number of carbonyl (C=O) groups is 1. The van der Waals surface area contributed by atoms with Crippen LogP contribution in [-0.2, 0) is 0 Å². The summed E-state index contributed by atoms with van der Waals surface area (Å²) in [7, 11) is 0. The van der Waals surface area contributed by atoms with Crippen molar-refractivity contribution in [1.29, 1.82) is 0 Å². The fourth-order valence-electron chi connectivity index (χ4n) is 1.66. The number of aromatic nitrogens is 1. The zero-order valence-corrected chi connectivity index (χ0v) is 9.67. The maximum absolute atomic E-state index is 11.1. The SMILES string of the molecule is O=C(O)c1cnc2ccccc2c1OCCCO. The van der Waals surface area contributed by atoms with E-state index >= 15 is 0 Å². The van der Waals surface area contributed by atoms with Crippen molar-refractivity contribution in [3.8, 4) is 5.75 Å². The van der Waals surface area contributed by atoms with Gasteiger partial charge in [-0.15, -0.1) is 0 Å². The quantitative estimate of drug-likeness (QED) is 0.786. The minimum Gasteiger partial charge on any atom is -0.492 e. The lowest BCUT2D eigenvalue weighted by molar-refractivity contribution is 0.0692. The number of carboxylic acid groups (broad SMARTS) is 1. The molecule has 5 nitrogen and oxygen atoms in total. The lowest BCUT2D eigenvalue weighted by atomic mass is 10.1. The van der Waals surface area contributed by atoms with E-state index in [0.717, 1.165) is 0 Å². The third-order valence-electron chi connectivity index (χ3n) is 2.51. The topological polar surface area (TPSA) is 79.7 Å². The van der Waals surface area contributed by atoms with E-state index in [1.54, 1.807) is 18.2 Å². The Labute approximate surface area is 104 Å². The smallest absolute Gasteiger partial charge is 0.341 e. The normalized spacial score (nSPS) is 10.5. The first-order valence-electron chi connectivity index (χ1n) is 5.58. The van der Waals surface area contributed by atoms with Crippen molar-refractivity contribution < 1.29 is 19.7 Å². The zero-order chi connectivity index (χ0) is 13.0. The van der Waals surface area contributed by atoms with Crippen LogP contribution in [0.25, 0.3) is 10.9 Å². The number of fused-ring (bicyclic) bond motifs is 1. The minimum atomic E-state index is -1.08. The fourth-order valence-corrected chi connectivity index (χ4v) is 1.66. The molecule has 2 N–H and O–H groups in total. The summed E-state index contributed by atoms with van der Waals surface area (Å²) in [6.07, 6.45) is 1.74. The third kappa shape index (κ3) is 2.41. The van der Waals surface area contributed by atoms with Gasteiger partial charge in [0, 0.05) is 24.6 Å². The Bertz CT molecular complexity index is 568. The van der Waals surface area contributed by atoms with Gasteiger partial charge in [-0.25, -0.2) is 4.79 Å². The molecule has 0 aliphatic rings. The van der Waals surface area contributed by atoms with Gasteiger partial charge in [0.1, 0.15) is 11.3 Å². The first-order valence-corrected chi connectivity index (χ1v) is 5.58. The molecule has 2 rings (SSSR count). The number of ether oxygens (including phenoxy) is 1. The Morgan fingerprint density at radius 1 is 1.33 bits per heavy atom. The van der Waals surface area contributed by atoms with Crippen LogP contribution in [-0.4, -0.2) is 34.4 Å². The molecule has 0 bridgehead atoms. The lowest BCUT2D eigenvalue weighted by Gasteiger charge is -2.11. The molecule has 0 atom stereocenters. The van der Waals surface area contributed by atoms with E-state index < -0.39 is 5.97 Å². The Morgan fingerprint density at radius 3 is 2.83 bits per heavy atom. The van der Waals surface area contributed by atoms with E-state index in [4.69, 9.17) is 14.9 Å². The molecule has 0 saturated heterocycles. The van der Waals surface area contributed by atoms with E-state index in [-0.39, 0.29) is 18.8 Å². The van der Waals surface area contributed by atoms with Crippen LogP contribution >= 0.6 is 0 Å². The molecule has 0 amide bonds. The molecule has 0 radical (unpaired) electrons. The first kappa shape index (κ1) is 12.3. The van der Waals surface area contributed by atoms with Crippen molar-refractivity contribution in [2.24, 2.45) is 0 Å². The van der Waals surface area contributed by atoms with Crippen molar-refractivity contribution in [2.75, 3.05) is 13.2 Å². The maximum Gasteiger partial charge on any atom is 0.341 e. The Hall–Kier alpha value is -2.14. The van der Waals surface area contributed by atoms with Crippen LogP contribution in [0.3, 0.4) is 0 Å². The number of rotatable bonds is 5. The summed E-state index contributed by atoms with van der Waals surface area (Å²) in [5.41, 5.74) is 0.716. The van der Waals surface area contributed by atoms with Gasteiger partial charge >= 0.3 is 5.97 Å². The molecule has 0 saturated carbocycles. The van der Waals surface area contributed by atoms with E-state index in [1.165, 1.54) is 6.20 Å². The van der Waals surface area contributed by atoms with Gasteiger partial charge in [0.2, 0.25) is 0 Å². The van der Waals surface area contributed by atoms with Crippen molar-refractivity contribution in [1.82, 2.24) is 4.98 Å². The maximum atomic E-state index is 11.1. The molecule has 94 valence electrons. The number of carboxylic acids is 1. The van der Waals surface area contributed by atoms with Crippen LogP contribution in [0.1, 0.15) is 16.8 Å². The molecule has 1 aromatic heterocycles. The van der Waals surface area contributed by atoms with Gasteiger partial charge in [-0.3, -0.25) is 4.98 Å². The molecular weight excluding hydrogens is 234 g/mol. The number of pyridine rings is 1. The second-order valence-corrected chi connectivity index (χ2v) is 3.75. The van der Waals surface area contributed by atoms with E-state index in [2.05, 4.69) is 4.98 Å². The molecule has 5 heteroatoms. The average Bonchev–Trinajstić information content (AvgIpc) is 2.38. The highest BCUT2D eigenvalue weighted by atomic mass is 16.5. The highest BCUT2D eigenvalue weighted by Crippen LogP contribution is 2.28. The highest BCUT2D eigenvalue weighted by Gasteiger charge is 2.15. The van der Waals surface area contributed by atoms with E-state index in [9.17, 15) is 4.79 Å². The van der Waals surface area contributed by atoms with Gasteiger partial charge in [0.15, 0.2) is 0 Å². The van der Waals surface area contributed by atoms with Gasteiger partial charge in [-0.05, 0) is 12.1 Å². The number of hydrogen-bond donors (Lipinski definition) is 2. The molecule has 0 unspecified atom stereocenters. The molecule has 0 spiro atoms. The Balaban J connectivity index is 2.48. The number of aliphatic hydroxyl groups is 1. The number of benzene rings is 1. The number of nitrogens with zero attached hydrogens (tertiary/aromatic N) is 1. The van der Waals surface area contributed by atoms with Crippen molar-refractivity contribution in [3.05, 3.63) is 36.0 Å². The molecule has 0 aliphatic heterocycles. The van der Waals surface area contributed by atoms with Gasteiger partial charge in [-0.2, -0.15) is 0 Å². The molecule has 2 aromatic rings. The van der Waals surface area contributed by atoms with Crippen LogP contribution in [0, 0.1) is 0 Å². The standard InChI is InChI=1S/C13H13NO4/c15-6-3-7-18-12-9-4-1-2-5-11(9)14-8-10(12)13(16)17/h1-2,4-5,8,15H,3,6-7H2,(H,16,17). The number of para-hydroxylation sites is 1. The summed E-state index contributed by atoms with van der Waals surface area (Å²) >= 11 is 0. The molecule has 1 aromatic carbocycles. The summed E-state index contributed by atoms with van der Waals surface area (Å²) in [6, 6.07) is 7.19. The zero-order valence-electron chi connectivity index (χ0n) is 9.67. The lowest BCUT2D eigenvalue weighted by Crippen LogP contribution is -2.07. The predicted molar refractivity (Wildman–Crippen MR) is 65.9 cm³/mol. The number of aromatic carboxylic acids is 1. The fraction of sp³-hybridized carbons (Fsp3) is 0.231. The van der Waals surface area contributed by atoms with Crippen LogP contribution < -0.4 is 4.74 Å². The summed E-state index contributed by atoms with van der Waals surface area (Å²) in [6.45, 7) is 0.274. The number of hydrogen-bond acceptors (Lipinski definition) is 4. The summed E-state index contributed by atoms with van der Waals surface area (Å²) < 4.78 is 5.47. The van der Waals surface area contributed by atoms with Gasteiger partial charge in [-0.1, -0.05) is 12.1 Å². The third-order valence-corrected chi connectivity index (χ3v) is 2.51. The molecule has 0 fully saturated rings. The second-order valence-electron chi connectivity index (χ2n) is 3.75. The van der Waals surface area contributed by atoms with E-state index in [1.807, 2.05) is 6.07 Å². The Kier molecular flexibility index (Phi) is 3.74. The average molecular weight is 247 g/mol. The van der Waals surface area contributed by atoms with Gasteiger partial charge in [0.25, 0.3) is 0 Å². The van der Waals surface area contributed by atoms with Gasteiger partial charge < -0.3 is 14.9 Å². The summed E-state index contributed by atoms with van der Waals surface area (Å²) in [5, 5.41) is 18.5. The summed E-state index contributed by atoms with van der Waals surface area (Å²) in [4.78, 5) is 15.2. The first-order chi connectivity index (χ1) is 8.74. The van der Waals surface area contributed by atoms with Crippen LogP contribution in [0.15, 0.2) is 30.5 Å². The van der Waals surface area contributed by atoms with E-state index in [0.29, 0.717) is 23.1 Å². The molecule has 18 heavy (non-hydrogen) atoms. The predicted octanol–water partition coefficient (Wildman–Crippen LogP) is 1.69. The van der Waals surface area contributed by atoms with Crippen LogP contribution in [0.5, 0.6) is 5.75 Å². The Morgan fingerprint density at radius 2 is 2.11 bits per heavy atom. The molecule has 1 heterocycles. The minimum absolute atomic E-state index is 0.00538. The van der Waals surface area contributed by atoms with Crippen molar-refractivity contribution in [2.45, 2.75) is 6.42 Å². The van der Waals surface area contributed by atoms with Gasteiger partial charge in [0.05, 0.1) is 12.1 Å². The monoisotopic (exact) mass is 247 g/mol. The van der Waals surface area contributed by atoms with Crippen molar-refractivity contribution in [3.63, 3.8) is 0 Å². The second kappa shape index (κ2) is 5.46. The largest absolute Gasteiger partial charge is 0.492 e. The number of aliphatic hydroxyl groups excluding tert-OH is 1. The summed E-state index contributed by atoms with van der Waals surface area (Å²) in [5.74, 6) is -0.770. The van der Waals surface area contributed by atoms with Crippen LogP contribution in [0.4, 0.5) is 0 Å². The van der Waals surface area contributed by atoms with Crippen molar-refractivity contribution >= 4 is 16.9 Å². The van der Waals surface area contributed by atoms with Crippen LogP contribution in [0.2, 0.25) is 0 Å². The molecular formula is C13H13NO4. The molecule has 0 aliphatic carbocycles. The highest BCUT2D eigenvalue weighted by molar-refractivity contribution is 5.98.